The Morgan fingerprint density at radius 2 is 2.44 bits per heavy atom. The molecule has 0 saturated heterocycles. The van der Waals surface area contributed by atoms with Crippen molar-refractivity contribution in [3.8, 4) is 0 Å². The zero-order chi connectivity index (χ0) is 7.28. The van der Waals surface area contributed by atoms with E-state index >= 15 is 0 Å². The van der Waals surface area contributed by atoms with Crippen LogP contribution < -0.4 is 0 Å². The predicted molar refractivity (Wildman–Crippen MR) is 30.9 cm³/mol. The van der Waals surface area contributed by atoms with E-state index in [4.69, 9.17) is 5.11 Å². The summed E-state index contributed by atoms with van der Waals surface area (Å²) in [6.07, 6.45) is -0.935. The SMILES string of the molecule is COC(CP=O)C(=O)O. The molecule has 0 fully saturated rings. The summed E-state index contributed by atoms with van der Waals surface area (Å²) in [5, 5.41) is 8.24. The molecule has 1 atom stereocenters. The van der Waals surface area contributed by atoms with Gasteiger partial charge in [0.2, 0.25) is 0 Å². The Morgan fingerprint density at radius 3 is 2.56 bits per heavy atom. The molecule has 0 spiro atoms. The van der Waals surface area contributed by atoms with Crippen LogP contribution in [0.25, 0.3) is 0 Å². The van der Waals surface area contributed by atoms with Gasteiger partial charge >= 0.3 is 5.97 Å². The summed E-state index contributed by atoms with van der Waals surface area (Å²) < 4.78 is 14.3. The number of methoxy groups -OCH3 is 1. The fraction of sp³-hybridized carbons (Fsp3) is 0.750. The average molecular weight is 150 g/mol. The van der Waals surface area contributed by atoms with Crippen LogP contribution in [0.15, 0.2) is 0 Å². The minimum Gasteiger partial charge on any atom is -0.479 e. The summed E-state index contributed by atoms with van der Waals surface area (Å²) in [6, 6.07) is 0. The summed E-state index contributed by atoms with van der Waals surface area (Å²) in [4.78, 5) is 10.1. The Kier molecular flexibility index (Phi) is 4.18. The molecule has 1 N–H and O–H groups in total. The maximum absolute atomic E-state index is 10.1. The highest BCUT2D eigenvalue weighted by Crippen LogP contribution is 1.99. The first-order chi connectivity index (χ1) is 4.22. The van der Waals surface area contributed by atoms with Gasteiger partial charge in [-0.3, -0.25) is 4.57 Å². The monoisotopic (exact) mass is 150 g/mol. The van der Waals surface area contributed by atoms with E-state index in [0.29, 0.717) is 0 Å². The normalized spacial score (nSPS) is 13.4. The number of rotatable bonds is 4. The van der Waals surface area contributed by atoms with Crippen LogP contribution >= 0.6 is 8.46 Å². The molecular formula is C4H7O4P. The van der Waals surface area contributed by atoms with Crippen LogP contribution in [0.2, 0.25) is 0 Å². The number of ether oxygens (including phenoxy) is 1. The van der Waals surface area contributed by atoms with Gasteiger partial charge in [0.25, 0.3) is 0 Å². The van der Waals surface area contributed by atoms with Crippen molar-refractivity contribution in [1.29, 1.82) is 0 Å². The number of carboxylic acids is 1. The molecule has 0 amide bonds. The molecular weight excluding hydrogens is 143 g/mol. The number of aliphatic carboxylic acids is 1. The van der Waals surface area contributed by atoms with E-state index in [1.54, 1.807) is 0 Å². The highest BCUT2D eigenvalue weighted by molar-refractivity contribution is 7.23. The molecule has 0 aliphatic carbocycles. The van der Waals surface area contributed by atoms with Gasteiger partial charge in [-0.05, 0) is 0 Å². The van der Waals surface area contributed by atoms with Gasteiger partial charge in [-0.25, -0.2) is 4.79 Å². The molecule has 0 aromatic heterocycles. The predicted octanol–water partition coefficient (Wildman–Crippen LogP) is 0.378. The van der Waals surface area contributed by atoms with Crippen molar-refractivity contribution in [1.82, 2.24) is 0 Å². The highest BCUT2D eigenvalue weighted by Gasteiger charge is 2.14. The van der Waals surface area contributed by atoms with Gasteiger partial charge in [0.15, 0.2) is 14.6 Å². The first kappa shape index (κ1) is 8.53. The molecule has 0 aromatic carbocycles. The zero-order valence-electron chi connectivity index (χ0n) is 4.90. The van der Waals surface area contributed by atoms with Crippen LogP contribution in [0, 0.1) is 0 Å². The van der Waals surface area contributed by atoms with Crippen molar-refractivity contribution in [2.45, 2.75) is 6.10 Å². The van der Waals surface area contributed by atoms with E-state index < -0.39 is 12.1 Å². The summed E-state index contributed by atoms with van der Waals surface area (Å²) in [5.74, 6) is -1.08. The minimum atomic E-state index is -1.08. The van der Waals surface area contributed by atoms with Gasteiger partial charge in [0, 0.05) is 7.11 Å². The molecule has 9 heavy (non-hydrogen) atoms. The van der Waals surface area contributed by atoms with Gasteiger partial charge in [-0.15, -0.1) is 0 Å². The second-order valence-corrected chi connectivity index (χ2v) is 2.00. The fourth-order valence-corrected chi connectivity index (χ4v) is 0.762. The van der Waals surface area contributed by atoms with Crippen LogP contribution in [0.5, 0.6) is 0 Å². The molecule has 52 valence electrons. The maximum Gasteiger partial charge on any atom is 0.333 e. The third-order valence-corrected chi connectivity index (χ3v) is 1.28. The third-order valence-electron chi connectivity index (χ3n) is 0.800. The van der Waals surface area contributed by atoms with E-state index in [2.05, 4.69) is 4.74 Å². The lowest BCUT2D eigenvalue weighted by Crippen LogP contribution is -2.23. The lowest BCUT2D eigenvalue weighted by molar-refractivity contribution is -0.147. The molecule has 0 saturated carbocycles. The summed E-state index contributed by atoms with van der Waals surface area (Å²) in [7, 11) is 1.06. The number of carbonyl (C=O) groups is 1. The molecule has 4 nitrogen and oxygen atoms in total. The Balaban J connectivity index is 3.67. The van der Waals surface area contributed by atoms with Gasteiger partial charge in [-0.1, -0.05) is 0 Å². The Bertz CT molecular complexity index is 113. The van der Waals surface area contributed by atoms with Gasteiger partial charge in [-0.2, -0.15) is 0 Å². The molecule has 5 heteroatoms. The first-order valence-corrected chi connectivity index (χ1v) is 3.27. The van der Waals surface area contributed by atoms with E-state index in [9.17, 15) is 9.36 Å². The lowest BCUT2D eigenvalue weighted by Gasteiger charge is -2.03. The Hall–Kier alpha value is -0.470. The van der Waals surface area contributed by atoms with E-state index in [1.165, 1.54) is 7.11 Å². The van der Waals surface area contributed by atoms with Crippen LogP contribution in [0.1, 0.15) is 0 Å². The van der Waals surface area contributed by atoms with Crippen molar-refractivity contribution < 1.29 is 19.2 Å². The number of hydrogen-bond donors (Lipinski definition) is 1. The summed E-state index contributed by atoms with van der Waals surface area (Å²) >= 11 is 0. The Morgan fingerprint density at radius 1 is 1.89 bits per heavy atom. The molecule has 0 aromatic rings. The number of carboxylic acid groups (broad SMARTS) is 1. The smallest absolute Gasteiger partial charge is 0.333 e. The summed E-state index contributed by atoms with van der Waals surface area (Å²) in [5.41, 5.74) is 0. The topological polar surface area (TPSA) is 63.6 Å². The van der Waals surface area contributed by atoms with Gasteiger partial charge < -0.3 is 9.84 Å². The van der Waals surface area contributed by atoms with E-state index in [0.717, 1.165) is 0 Å². The molecule has 0 aliphatic heterocycles. The molecule has 0 radical (unpaired) electrons. The maximum atomic E-state index is 10.1. The standard InChI is InChI=1S/C4H7O4P/c1-8-3(2-9-7)4(5)6/h3H,2H2,1H3,(H,5,6). The molecule has 1 unspecified atom stereocenters. The lowest BCUT2D eigenvalue weighted by atomic mass is 10.4. The zero-order valence-corrected chi connectivity index (χ0v) is 5.80. The van der Waals surface area contributed by atoms with E-state index in [-0.39, 0.29) is 14.6 Å². The molecule has 0 rings (SSSR count). The fourth-order valence-electron chi connectivity index (χ4n) is 0.321. The van der Waals surface area contributed by atoms with Crippen LogP contribution in [-0.4, -0.2) is 30.5 Å². The first-order valence-electron chi connectivity index (χ1n) is 2.27. The highest BCUT2D eigenvalue weighted by atomic mass is 31.1. The quantitative estimate of drug-likeness (QED) is 0.588. The molecule has 0 heterocycles. The average Bonchev–Trinajstić information content (AvgIpc) is 1.82. The second-order valence-electron chi connectivity index (χ2n) is 1.37. The van der Waals surface area contributed by atoms with Gasteiger partial charge in [0.05, 0.1) is 6.16 Å². The van der Waals surface area contributed by atoms with Crippen molar-refractivity contribution >= 4 is 14.4 Å². The number of hydrogen-bond acceptors (Lipinski definition) is 3. The van der Waals surface area contributed by atoms with Crippen molar-refractivity contribution in [2.75, 3.05) is 13.3 Å². The van der Waals surface area contributed by atoms with Crippen molar-refractivity contribution in [2.24, 2.45) is 0 Å². The van der Waals surface area contributed by atoms with Crippen LogP contribution in [0.4, 0.5) is 0 Å². The van der Waals surface area contributed by atoms with Crippen molar-refractivity contribution in [3.05, 3.63) is 0 Å². The minimum absolute atomic E-state index is 0.00579. The third kappa shape index (κ3) is 3.16. The van der Waals surface area contributed by atoms with Crippen molar-refractivity contribution in [3.63, 3.8) is 0 Å². The van der Waals surface area contributed by atoms with E-state index in [1.807, 2.05) is 0 Å². The molecule has 0 bridgehead atoms. The van der Waals surface area contributed by atoms with Gasteiger partial charge in [0.1, 0.15) is 0 Å². The molecule has 0 aliphatic rings. The van der Waals surface area contributed by atoms with Crippen LogP contribution in [0.3, 0.4) is 0 Å². The Labute approximate surface area is 54.0 Å². The second kappa shape index (κ2) is 4.41. The van der Waals surface area contributed by atoms with Crippen LogP contribution in [-0.2, 0) is 14.1 Å². The largest absolute Gasteiger partial charge is 0.479 e. The summed E-state index contributed by atoms with van der Waals surface area (Å²) in [6.45, 7) is 0.